The smallest absolute Gasteiger partial charge is 0.407 e. The molecule has 57 heavy (non-hydrogen) atoms. The van der Waals surface area contributed by atoms with E-state index in [1.54, 1.807) is 0 Å². The van der Waals surface area contributed by atoms with Crippen LogP contribution in [-0.4, -0.2) is 93.6 Å². The number of nitrogens with zero attached hydrogens (tertiary/aromatic N) is 3. The van der Waals surface area contributed by atoms with Gasteiger partial charge in [-0.3, -0.25) is 14.9 Å². The average Bonchev–Trinajstić information content (AvgIpc) is 4.07. The van der Waals surface area contributed by atoms with Crippen LogP contribution in [-0.2, 0) is 37.0 Å². The number of hydrogen-bond donors (Lipinski definition) is 5. The Bertz CT molecular complexity index is 2040. The molecular weight excluding hydrogens is 727 g/mol. The number of fused-ring (bicyclic) bond motifs is 1. The van der Waals surface area contributed by atoms with Crippen LogP contribution < -0.4 is 10.6 Å². The van der Waals surface area contributed by atoms with E-state index in [1.807, 2.05) is 43.7 Å². The maximum atomic E-state index is 13.9. The minimum absolute atomic E-state index is 0.0423. The van der Waals surface area contributed by atoms with Crippen LogP contribution >= 0.6 is 0 Å². The number of carbonyl (C=O) groups is 3. The van der Waals surface area contributed by atoms with Gasteiger partial charge in [-0.05, 0) is 59.8 Å². The lowest BCUT2D eigenvalue weighted by Crippen LogP contribution is -2.52. The molecule has 4 aromatic rings. The van der Waals surface area contributed by atoms with E-state index >= 15 is 0 Å². The highest BCUT2D eigenvalue weighted by Crippen LogP contribution is 2.42. The summed E-state index contributed by atoms with van der Waals surface area (Å²) < 4.78 is 15.7. The number of imidazole rings is 1. The number of alkyl carbamates (subject to hydrolysis) is 1. The number of carbonyl (C=O) groups excluding carboxylic acids is 3. The average molecular weight is 782 g/mol. The van der Waals surface area contributed by atoms with E-state index in [2.05, 4.69) is 69.1 Å². The van der Waals surface area contributed by atoms with Crippen LogP contribution in [0.15, 0.2) is 54.7 Å². The number of H-pyrrole nitrogens is 2. The number of ether oxygens (including phenoxy) is 3. The summed E-state index contributed by atoms with van der Waals surface area (Å²) in [5, 5.41) is 15.7. The highest BCUT2D eigenvalue weighted by atomic mass is 16.6. The SMILES string of the molecule is COC(=O)N[C@H](C(=O)N1CCC[C@H]1c1ncc(-c2ccc(-c3ccc(-c4[nH]c(C5CCCN5C(=O)[C@@H](NC(O)OC)C(C)C)c5c4COC5)cc3)cc2)[nH]1)C(C)C. The summed E-state index contributed by atoms with van der Waals surface area (Å²) in [5.74, 6) is 0.398. The summed E-state index contributed by atoms with van der Waals surface area (Å²) in [4.78, 5) is 55.0. The predicted octanol–water partition coefficient (Wildman–Crippen LogP) is 6.01. The molecule has 3 aliphatic rings. The first-order valence-electron chi connectivity index (χ1n) is 20.0. The molecule has 3 amide bonds. The van der Waals surface area contributed by atoms with Crippen molar-refractivity contribution in [2.24, 2.45) is 11.8 Å². The van der Waals surface area contributed by atoms with E-state index in [0.29, 0.717) is 26.3 Å². The molecule has 0 saturated carbocycles. The van der Waals surface area contributed by atoms with Crippen molar-refractivity contribution in [2.45, 2.75) is 97.2 Å². The summed E-state index contributed by atoms with van der Waals surface area (Å²) in [6, 6.07) is 15.2. The van der Waals surface area contributed by atoms with E-state index in [-0.39, 0.29) is 35.7 Å². The maximum absolute atomic E-state index is 13.9. The van der Waals surface area contributed by atoms with Crippen molar-refractivity contribution in [3.8, 4) is 33.6 Å². The van der Waals surface area contributed by atoms with Crippen molar-refractivity contribution < 1.29 is 33.7 Å². The Morgan fingerprint density at radius 2 is 1.35 bits per heavy atom. The number of amides is 3. The number of nitrogens with one attached hydrogen (secondary N) is 4. The summed E-state index contributed by atoms with van der Waals surface area (Å²) >= 11 is 0. The lowest BCUT2D eigenvalue weighted by Gasteiger charge is -2.32. The minimum Gasteiger partial charge on any atom is -0.453 e. The Labute approximate surface area is 333 Å². The normalized spacial score (nSPS) is 19.6. The largest absolute Gasteiger partial charge is 0.453 e. The van der Waals surface area contributed by atoms with Gasteiger partial charge in [0.1, 0.15) is 11.9 Å². The van der Waals surface area contributed by atoms with Gasteiger partial charge in [-0.1, -0.05) is 76.2 Å². The van der Waals surface area contributed by atoms with Gasteiger partial charge < -0.3 is 44.4 Å². The van der Waals surface area contributed by atoms with E-state index in [1.165, 1.54) is 14.2 Å². The van der Waals surface area contributed by atoms with E-state index in [9.17, 15) is 19.5 Å². The zero-order valence-electron chi connectivity index (χ0n) is 33.6. The molecule has 5 N–H and O–H groups in total. The second kappa shape index (κ2) is 17.2. The summed E-state index contributed by atoms with van der Waals surface area (Å²) in [7, 11) is 2.69. The molecular formula is C43H55N7O7. The molecule has 3 aliphatic heterocycles. The molecule has 14 heteroatoms. The van der Waals surface area contributed by atoms with Gasteiger partial charge in [0.15, 0.2) is 0 Å². The first-order valence-corrected chi connectivity index (χ1v) is 20.0. The van der Waals surface area contributed by atoms with Crippen molar-refractivity contribution in [1.29, 1.82) is 0 Å². The first-order chi connectivity index (χ1) is 27.5. The number of hydrogen-bond acceptors (Lipinski definition) is 9. The summed E-state index contributed by atoms with van der Waals surface area (Å²) in [6.07, 6.45) is 3.34. The fourth-order valence-corrected chi connectivity index (χ4v) is 8.51. The molecule has 0 spiro atoms. The predicted molar refractivity (Wildman–Crippen MR) is 214 cm³/mol. The zero-order valence-corrected chi connectivity index (χ0v) is 33.6. The number of rotatable bonds is 13. The fraction of sp³-hybridized carbons (Fsp3) is 0.488. The number of aliphatic hydroxyl groups is 1. The Kier molecular flexibility index (Phi) is 12.1. The molecule has 0 radical (unpaired) electrons. The summed E-state index contributed by atoms with van der Waals surface area (Å²) in [5.41, 5.74) is 9.36. The van der Waals surface area contributed by atoms with Crippen molar-refractivity contribution in [3.05, 3.63) is 77.4 Å². The second-order valence-electron chi connectivity index (χ2n) is 15.9. The summed E-state index contributed by atoms with van der Waals surface area (Å²) in [6.45, 7) is 9.98. The highest BCUT2D eigenvalue weighted by Gasteiger charge is 2.40. The lowest BCUT2D eigenvalue weighted by atomic mass is 9.99. The number of aromatic nitrogens is 3. The van der Waals surface area contributed by atoms with Crippen LogP contribution in [0, 0.1) is 11.8 Å². The Hall–Kier alpha value is -5.02. The minimum atomic E-state index is -1.22. The number of aromatic amines is 2. The monoisotopic (exact) mass is 781 g/mol. The van der Waals surface area contributed by atoms with Crippen LogP contribution in [0.3, 0.4) is 0 Å². The van der Waals surface area contributed by atoms with Crippen molar-refractivity contribution in [2.75, 3.05) is 27.3 Å². The molecule has 7 rings (SSSR count). The van der Waals surface area contributed by atoms with Gasteiger partial charge in [0, 0.05) is 37.0 Å². The molecule has 14 nitrogen and oxygen atoms in total. The molecule has 0 aliphatic carbocycles. The zero-order chi connectivity index (χ0) is 40.4. The Morgan fingerprint density at radius 3 is 1.96 bits per heavy atom. The second-order valence-corrected chi connectivity index (χ2v) is 15.9. The number of likely N-dealkylation sites (tertiary alicyclic amines) is 2. The van der Waals surface area contributed by atoms with Crippen molar-refractivity contribution in [1.82, 2.24) is 35.4 Å². The van der Waals surface area contributed by atoms with Gasteiger partial charge in [-0.25, -0.2) is 9.78 Å². The lowest BCUT2D eigenvalue weighted by molar-refractivity contribution is -0.145. The third kappa shape index (κ3) is 8.22. The third-order valence-electron chi connectivity index (χ3n) is 11.6. The van der Waals surface area contributed by atoms with Gasteiger partial charge >= 0.3 is 6.09 Å². The third-order valence-corrected chi connectivity index (χ3v) is 11.6. The topological polar surface area (TPSA) is 174 Å². The number of benzene rings is 2. The van der Waals surface area contributed by atoms with E-state index < -0.39 is 24.6 Å². The molecule has 2 saturated heterocycles. The number of aliphatic hydroxyl groups excluding tert-OH is 1. The van der Waals surface area contributed by atoms with Gasteiger partial charge in [0.05, 0.1) is 56.0 Å². The van der Waals surface area contributed by atoms with Crippen LogP contribution in [0.25, 0.3) is 33.6 Å². The van der Waals surface area contributed by atoms with Gasteiger partial charge in [0.25, 0.3) is 0 Å². The fourth-order valence-electron chi connectivity index (χ4n) is 8.51. The maximum Gasteiger partial charge on any atom is 0.407 e. The van der Waals surface area contributed by atoms with E-state index in [0.717, 1.165) is 82.0 Å². The van der Waals surface area contributed by atoms with Crippen LogP contribution in [0.5, 0.6) is 0 Å². The standard InChI is InChI=1S/C43H55N7O7/c1-24(2)35(47-42(53)55-5)40(51)49-19-7-9-33(49)38-31-23-57-22-30(31)37(46-38)29-17-13-27(14-18-29)26-11-15-28(16-12-26)32-21-44-39(45-32)34-10-8-20-50(34)41(52)36(25(3)4)48-43(54)56-6/h11-18,21,24-25,33-36,42,46-47,53H,7-10,19-20,22-23H2,1-6H3,(H,44,45)(H,48,54)/t33?,34-,35-,36-,42?/m0/s1. The molecule has 2 fully saturated rings. The van der Waals surface area contributed by atoms with Gasteiger partial charge in [-0.15, -0.1) is 0 Å². The molecule has 2 unspecified atom stereocenters. The van der Waals surface area contributed by atoms with Crippen LogP contribution in [0.4, 0.5) is 4.79 Å². The quantitative estimate of drug-likeness (QED) is 0.102. The van der Waals surface area contributed by atoms with Gasteiger partial charge in [-0.2, -0.15) is 0 Å². The molecule has 5 atom stereocenters. The van der Waals surface area contributed by atoms with Crippen molar-refractivity contribution >= 4 is 17.9 Å². The number of methoxy groups -OCH3 is 2. The van der Waals surface area contributed by atoms with Crippen LogP contribution in [0.2, 0.25) is 0 Å². The molecule has 5 heterocycles. The Balaban J connectivity index is 1.05. The molecule has 304 valence electrons. The van der Waals surface area contributed by atoms with Gasteiger partial charge in [0.2, 0.25) is 18.2 Å². The first kappa shape index (κ1) is 40.2. The van der Waals surface area contributed by atoms with Crippen molar-refractivity contribution in [3.63, 3.8) is 0 Å². The molecule has 2 aromatic heterocycles. The molecule has 0 bridgehead atoms. The van der Waals surface area contributed by atoms with Crippen LogP contribution in [0.1, 0.15) is 88.1 Å². The van der Waals surface area contributed by atoms with E-state index in [4.69, 9.17) is 19.2 Å². The molecule has 2 aromatic carbocycles. The highest BCUT2D eigenvalue weighted by molar-refractivity contribution is 5.86. The Morgan fingerprint density at radius 1 is 0.789 bits per heavy atom.